The number of carbonyl (C=O) groups is 1. The zero-order valence-corrected chi connectivity index (χ0v) is 13.8. The van der Waals surface area contributed by atoms with E-state index in [1.807, 2.05) is 19.1 Å². The predicted molar refractivity (Wildman–Crippen MR) is 89.5 cm³/mol. The maximum Gasteiger partial charge on any atom is 0.416 e. The van der Waals surface area contributed by atoms with Crippen molar-refractivity contribution in [3.63, 3.8) is 0 Å². The van der Waals surface area contributed by atoms with Gasteiger partial charge in [-0.3, -0.25) is 15.1 Å². The summed E-state index contributed by atoms with van der Waals surface area (Å²) in [5.74, 6) is -0.518. The van der Waals surface area contributed by atoms with Crippen LogP contribution in [0.1, 0.15) is 20.8 Å². The maximum absolute atomic E-state index is 12.6. The SMILES string of the molecule is Cc1sc(NC(=O)c2ccc(C(F)(F)F)cc2)nc1-c1ccccn1. The highest BCUT2D eigenvalue weighted by Gasteiger charge is 2.30. The molecule has 0 spiro atoms. The fraction of sp³-hybridized carbons (Fsp3) is 0.118. The molecule has 1 N–H and O–H groups in total. The van der Waals surface area contributed by atoms with Gasteiger partial charge in [-0.15, -0.1) is 11.3 Å². The van der Waals surface area contributed by atoms with E-state index in [0.29, 0.717) is 16.5 Å². The van der Waals surface area contributed by atoms with Gasteiger partial charge < -0.3 is 0 Å². The van der Waals surface area contributed by atoms with Crippen LogP contribution in [0.5, 0.6) is 0 Å². The minimum absolute atomic E-state index is 0.125. The van der Waals surface area contributed by atoms with Crippen LogP contribution in [0.15, 0.2) is 48.7 Å². The van der Waals surface area contributed by atoms with Crippen LogP contribution in [0, 0.1) is 6.92 Å². The average Bonchev–Trinajstić information content (AvgIpc) is 2.95. The molecule has 1 aromatic carbocycles. The normalized spacial score (nSPS) is 11.4. The third-order valence-corrected chi connectivity index (χ3v) is 4.29. The lowest BCUT2D eigenvalue weighted by Gasteiger charge is -2.07. The Balaban J connectivity index is 1.78. The zero-order chi connectivity index (χ0) is 18.0. The number of benzene rings is 1. The average molecular weight is 363 g/mol. The Hall–Kier alpha value is -2.74. The van der Waals surface area contributed by atoms with Crippen molar-refractivity contribution in [1.29, 1.82) is 0 Å². The van der Waals surface area contributed by atoms with Gasteiger partial charge in [-0.1, -0.05) is 6.07 Å². The molecular formula is C17H12F3N3OS. The lowest BCUT2D eigenvalue weighted by molar-refractivity contribution is -0.137. The predicted octanol–water partition coefficient (Wildman–Crippen LogP) is 4.78. The Morgan fingerprint density at radius 3 is 2.44 bits per heavy atom. The molecule has 25 heavy (non-hydrogen) atoms. The monoisotopic (exact) mass is 363 g/mol. The molecule has 0 unspecified atom stereocenters. The van der Waals surface area contributed by atoms with Gasteiger partial charge in [0.05, 0.1) is 11.3 Å². The van der Waals surface area contributed by atoms with E-state index in [0.717, 1.165) is 29.1 Å². The topological polar surface area (TPSA) is 54.9 Å². The molecule has 0 aliphatic carbocycles. The van der Waals surface area contributed by atoms with Crippen LogP contribution in [-0.4, -0.2) is 15.9 Å². The van der Waals surface area contributed by atoms with Gasteiger partial charge in [-0.05, 0) is 43.3 Å². The first-order valence-corrected chi connectivity index (χ1v) is 8.03. The Kier molecular flexibility index (Phi) is 4.54. The van der Waals surface area contributed by atoms with Crippen molar-refractivity contribution in [2.45, 2.75) is 13.1 Å². The van der Waals surface area contributed by atoms with Crippen molar-refractivity contribution in [3.05, 3.63) is 64.7 Å². The van der Waals surface area contributed by atoms with Crippen molar-refractivity contribution >= 4 is 22.4 Å². The third kappa shape index (κ3) is 3.85. The molecule has 128 valence electrons. The van der Waals surface area contributed by atoms with Crippen LogP contribution in [0.2, 0.25) is 0 Å². The number of pyridine rings is 1. The van der Waals surface area contributed by atoms with Crippen molar-refractivity contribution in [3.8, 4) is 11.4 Å². The highest BCUT2D eigenvalue weighted by Crippen LogP contribution is 2.30. The Morgan fingerprint density at radius 2 is 1.84 bits per heavy atom. The molecule has 0 radical (unpaired) electrons. The standard InChI is InChI=1S/C17H12F3N3OS/c1-10-14(13-4-2-3-9-21-13)22-16(25-10)23-15(24)11-5-7-12(8-6-11)17(18,19)20/h2-9H,1H3,(H,22,23,24). The summed E-state index contributed by atoms with van der Waals surface area (Å²) in [5, 5.41) is 2.97. The van der Waals surface area contributed by atoms with E-state index in [1.165, 1.54) is 11.3 Å². The summed E-state index contributed by atoms with van der Waals surface area (Å²) < 4.78 is 37.7. The van der Waals surface area contributed by atoms with E-state index >= 15 is 0 Å². The van der Waals surface area contributed by atoms with Gasteiger partial charge in [0.25, 0.3) is 5.91 Å². The minimum Gasteiger partial charge on any atom is -0.298 e. The number of thiazole rings is 1. The summed E-state index contributed by atoms with van der Waals surface area (Å²) >= 11 is 1.28. The first kappa shape index (κ1) is 17.1. The van der Waals surface area contributed by atoms with Crippen LogP contribution in [0.25, 0.3) is 11.4 Å². The molecule has 3 rings (SSSR count). The number of rotatable bonds is 3. The highest BCUT2D eigenvalue weighted by molar-refractivity contribution is 7.16. The fourth-order valence-electron chi connectivity index (χ4n) is 2.17. The van der Waals surface area contributed by atoms with E-state index in [9.17, 15) is 18.0 Å². The largest absolute Gasteiger partial charge is 0.416 e. The smallest absolute Gasteiger partial charge is 0.298 e. The molecular weight excluding hydrogens is 351 g/mol. The first-order chi connectivity index (χ1) is 11.8. The second kappa shape index (κ2) is 6.64. The maximum atomic E-state index is 12.6. The Bertz CT molecular complexity index is 890. The quantitative estimate of drug-likeness (QED) is 0.728. The van der Waals surface area contributed by atoms with Gasteiger partial charge in [0.2, 0.25) is 0 Å². The number of hydrogen-bond acceptors (Lipinski definition) is 4. The lowest BCUT2D eigenvalue weighted by Crippen LogP contribution is -2.12. The number of alkyl halides is 3. The minimum atomic E-state index is -4.43. The number of hydrogen-bond donors (Lipinski definition) is 1. The van der Waals surface area contributed by atoms with Crippen molar-refractivity contribution < 1.29 is 18.0 Å². The number of anilines is 1. The fourth-order valence-corrected chi connectivity index (χ4v) is 2.99. The van der Waals surface area contributed by atoms with E-state index in [4.69, 9.17) is 0 Å². The molecule has 2 heterocycles. The number of nitrogens with zero attached hydrogens (tertiary/aromatic N) is 2. The molecule has 0 bridgehead atoms. The summed E-state index contributed by atoms with van der Waals surface area (Å²) in [7, 11) is 0. The number of aromatic nitrogens is 2. The molecule has 0 aliphatic heterocycles. The number of aryl methyl sites for hydroxylation is 1. The van der Waals surface area contributed by atoms with Gasteiger partial charge in [-0.25, -0.2) is 4.98 Å². The van der Waals surface area contributed by atoms with E-state index < -0.39 is 17.6 Å². The van der Waals surface area contributed by atoms with Gasteiger partial charge in [-0.2, -0.15) is 13.2 Å². The summed E-state index contributed by atoms with van der Waals surface area (Å²) in [4.78, 5) is 21.6. The van der Waals surface area contributed by atoms with E-state index in [-0.39, 0.29) is 5.56 Å². The second-order valence-corrected chi connectivity index (χ2v) is 6.37. The number of carbonyl (C=O) groups excluding carboxylic acids is 1. The molecule has 2 aromatic heterocycles. The molecule has 0 atom stereocenters. The third-order valence-electron chi connectivity index (χ3n) is 3.40. The number of halogens is 3. The molecule has 4 nitrogen and oxygen atoms in total. The van der Waals surface area contributed by atoms with Gasteiger partial charge >= 0.3 is 6.18 Å². The molecule has 0 fully saturated rings. The van der Waals surface area contributed by atoms with Crippen LogP contribution in [-0.2, 0) is 6.18 Å². The molecule has 0 saturated carbocycles. The first-order valence-electron chi connectivity index (χ1n) is 7.22. The van der Waals surface area contributed by atoms with Crippen molar-refractivity contribution in [2.75, 3.05) is 5.32 Å². The van der Waals surface area contributed by atoms with Crippen LogP contribution in [0.3, 0.4) is 0 Å². The van der Waals surface area contributed by atoms with Crippen LogP contribution in [0.4, 0.5) is 18.3 Å². The highest BCUT2D eigenvalue weighted by atomic mass is 32.1. The summed E-state index contributed by atoms with van der Waals surface area (Å²) in [6.45, 7) is 1.86. The van der Waals surface area contributed by atoms with E-state index in [1.54, 1.807) is 12.3 Å². The van der Waals surface area contributed by atoms with E-state index in [2.05, 4.69) is 15.3 Å². The number of amides is 1. The Labute approximate surface area is 145 Å². The van der Waals surface area contributed by atoms with Crippen LogP contribution < -0.4 is 5.32 Å². The van der Waals surface area contributed by atoms with Crippen molar-refractivity contribution in [2.24, 2.45) is 0 Å². The second-order valence-electron chi connectivity index (χ2n) is 5.17. The van der Waals surface area contributed by atoms with Gasteiger partial charge in [0.1, 0.15) is 5.69 Å². The van der Waals surface area contributed by atoms with Gasteiger partial charge in [0, 0.05) is 16.6 Å². The molecule has 0 aliphatic rings. The molecule has 8 heteroatoms. The van der Waals surface area contributed by atoms with Crippen LogP contribution >= 0.6 is 11.3 Å². The van der Waals surface area contributed by atoms with Gasteiger partial charge in [0.15, 0.2) is 5.13 Å². The summed E-state index contributed by atoms with van der Waals surface area (Å²) in [6.07, 6.45) is -2.78. The zero-order valence-electron chi connectivity index (χ0n) is 13.0. The molecule has 0 saturated heterocycles. The molecule has 1 amide bonds. The lowest BCUT2D eigenvalue weighted by atomic mass is 10.1. The summed E-state index contributed by atoms with van der Waals surface area (Å²) in [6, 6.07) is 9.46. The Morgan fingerprint density at radius 1 is 1.12 bits per heavy atom. The number of nitrogens with one attached hydrogen (secondary N) is 1. The molecule has 3 aromatic rings. The summed E-state index contributed by atoms with van der Waals surface area (Å²) in [5.41, 5.74) is 0.673. The van der Waals surface area contributed by atoms with Crippen molar-refractivity contribution in [1.82, 2.24) is 9.97 Å².